The van der Waals surface area contributed by atoms with Crippen LogP contribution in [-0.2, 0) is 29.0 Å². The first-order valence-electron chi connectivity index (χ1n) is 12.3. The second-order valence-electron chi connectivity index (χ2n) is 9.24. The molecule has 0 spiro atoms. The summed E-state index contributed by atoms with van der Waals surface area (Å²) in [5.41, 5.74) is 5.73. The van der Waals surface area contributed by atoms with Gasteiger partial charge in [0.2, 0.25) is 5.82 Å². The van der Waals surface area contributed by atoms with E-state index in [1.165, 1.54) is 0 Å². The maximum absolute atomic E-state index is 13.6. The van der Waals surface area contributed by atoms with Gasteiger partial charge in [0.05, 0.1) is 12.2 Å². The third-order valence-electron chi connectivity index (χ3n) is 6.18. The number of nitrogens with zero attached hydrogens (tertiary/aromatic N) is 5. The van der Waals surface area contributed by atoms with Crippen molar-refractivity contribution in [3.05, 3.63) is 76.0 Å². The van der Waals surface area contributed by atoms with E-state index in [-0.39, 0.29) is 5.69 Å². The van der Waals surface area contributed by atoms with Crippen LogP contribution in [0.2, 0.25) is 0 Å². The molecule has 1 N–H and O–H groups in total. The summed E-state index contributed by atoms with van der Waals surface area (Å²) in [6, 6.07) is 16.2. The molecule has 0 aliphatic rings. The lowest BCUT2D eigenvalue weighted by molar-refractivity contribution is -0.111. The summed E-state index contributed by atoms with van der Waals surface area (Å²) >= 11 is 0. The molecule has 36 heavy (non-hydrogen) atoms. The monoisotopic (exact) mass is 490 g/mol. The van der Waals surface area contributed by atoms with Gasteiger partial charge in [0.25, 0.3) is 0 Å². The fourth-order valence-corrected chi connectivity index (χ4v) is 4.62. The molecule has 9 nitrogen and oxygen atoms in total. The van der Waals surface area contributed by atoms with Crippen molar-refractivity contribution in [2.75, 3.05) is 14.2 Å². The van der Waals surface area contributed by atoms with E-state index in [9.17, 15) is 4.79 Å². The SMILES string of the molecule is CCCc1c(C(OC)OC)n(CC(C)C)c(=O)n1Cc1ccc(-c2ccccc2-c2nn[nH]n2)cc1. The Kier molecular flexibility index (Phi) is 8.12. The molecular formula is C27H34N6O3. The van der Waals surface area contributed by atoms with E-state index < -0.39 is 6.29 Å². The fourth-order valence-electron chi connectivity index (χ4n) is 4.62. The molecule has 0 amide bonds. The van der Waals surface area contributed by atoms with Crippen LogP contribution in [0.25, 0.3) is 22.5 Å². The second kappa shape index (κ2) is 11.5. The number of rotatable bonds is 11. The number of methoxy groups -OCH3 is 2. The number of benzene rings is 2. The van der Waals surface area contributed by atoms with Crippen molar-refractivity contribution in [1.29, 1.82) is 0 Å². The molecule has 2 heterocycles. The highest BCUT2D eigenvalue weighted by molar-refractivity contribution is 5.80. The van der Waals surface area contributed by atoms with Crippen LogP contribution in [0.3, 0.4) is 0 Å². The summed E-state index contributed by atoms with van der Waals surface area (Å²) in [6.45, 7) is 7.40. The molecule has 9 heteroatoms. The predicted molar refractivity (Wildman–Crippen MR) is 138 cm³/mol. The third kappa shape index (κ3) is 5.17. The van der Waals surface area contributed by atoms with Gasteiger partial charge in [-0.2, -0.15) is 5.21 Å². The number of aromatic amines is 1. The highest BCUT2D eigenvalue weighted by Gasteiger charge is 2.26. The lowest BCUT2D eigenvalue weighted by atomic mass is 9.98. The molecule has 0 bridgehead atoms. The van der Waals surface area contributed by atoms with E-state index in [1.807, 2.05) is 33.4 Å². The molecule has 0 fully saturated rings. The lowest BCUT2D eigenvalue weighted by Gasteiger charge is -2.18. The van der Waals surface area contributed by atoms with Crippen LogP contribution in [-0.4, -0.2) is 44.0 Å². The van der Waals surface area contributed by atoms with Gasteiger partial charge in [-0.3, -0.25) is 9.13 Å². The van der Waals surface area contributed by atoms with E-state index in [1.54, 1.807) is 14.2 Å². The van der Waals surface area contributed by atoms with Crippen LogP contribution in [0.4, 0.5) is 0 Å². The number of imidazole rings is 1. The van der Waals surface area contributed by atoms with Crippen molar-refractivity contribution in [3.8, 4) is 22.5 Å². The number of H-pyrrole nitrogens is 1. The Bertz CT molecular complexity index is 1320. The molecular weight excluding hydrogens is 456 g/mol. The minimum atomic E-state index is -0.594. The fraction of sp³-hybridized carbons (Fsp3) is 0.407. The predicted octanol–water partition coefficient (Wildman–Crippen LogP) is 4.45. The molecule has 0 unspecified atom stereocenters. The first kappa shape index (κ1) is 25.5. The van der Waals surface area contributed by atoms with Crippen LogP contribution in [0.5, 0.6) is 0 Å². The second-order valence-corrected chi connectivity index (χ2v) is 9.24. The number of hydrogen-bond acceptors (Lipinski definition) is 6. The minimum Gasteiger partial charge on any atom is -0.350 e. The molecule has 0 saturated carbocycles. The summed E-state index contributed by atoms with van der Waals surface area (Å²) in [6.07, 6.45) is 1.07. The zero-order valence-corrected chi connectivity index (χ0v) is 21.6. The molecule has 0 aliphatic heterocycles. The smallest absolute Gasteiger partial charge is 0.329 e. The Labute approximate surface area is 211 Å². The molecule has 0 atom stereocenters. The van der Waals surface area contributed by atoms with Crippen molar-refractivity contribution in [2.45, 2.75) is 53.0 Å². The topological polar surface area (TPSA) is 99.9 Å². The van der Waals surface area contributed by atoms with Gasteiger partial charge in [0.15, 0.2) is 6.29 Å². The lowest BCUT2D eigenvalue weighted by Crippen LogP contribution is -2.28. The highest BCUT2D eigenvalue weighted by atomic mass is 16.7. The van der Waals surface area contributed by atoms with Gasteiger partial charge < -0.3 is 9.47 Å². The van der Waals surface area contributed by atoms with Gasteiger partial charge in [-0.15, -0.1) is 10.2 Å². The quantitative estimate of drug-likeness (QED) is 0.312. The Morgan fingerprint density at radius 2 is 1.67 bits per heavy atom. The number of ether oxygens (including phenoxy) is 2. The van der Waals surface area contributed by atoms with Crippen LogP contribution < -0.4 is 5.69 Å². The molecule has 0 aliphatic carbocycles. The van der Waals surface area contributed by atoms with Gasteiger partial charge in [-0.25, -0.2) is 4.79 Å². The summed E-state index contributed by atoms with van der Waals surface area (Å²) in [7, 11) is 3.22. The summed E-state index contributed by atoms with van der Waals surface area (Å²) in [4.78, 5) is 13.6. The van der Waals surface area contributed by atoms with Gasteiger partial charge in [-0.05, 0) is 34.2 Å². The van der Waals surface area contributed by atoms with E-state index in [0.717, 1.165) is 46.5 Å². The van der Waals surface area contributed by atoms with Crippen molar-refractivity contribution >= 4 is 0 Å². The molecule has 0 saturated heterocycles. The molecule has 2 aromatic carbocycles. The zero-order valence-electron chi connectivity index (χ0n) is 21.6. The summed E-state index contributed by atoms with van der Waals surface area (Å²) in [5.74, 6) is 0.856. The van der Waals surface area contributed by atoms with Crippen LogP contribution >= 0.6 is 0 Å². The Hall–Kier alpha value is -3.56. The molecule has 4 aromatic rings. The van der Waals surface area contributed by atoms with Gasteiger partial charge >= 0.3 is 5.69 Å². The van der Waals surface area contributed by atoms with Gasteiger partial charge in [-0.1, -0.05) is 75.7 Å². The van der Waals surface area contributed by atoms with Crippen molar-refractivity contribution < 1.29 is 9.47 Å². The van der Waals surface area contributed by atoms with Gasteiger partial charge in [0.1, 0.15) is 0 Å². The van der Waals surface area contributed by atoms with E-state index in [0.29, 0.717) is 24.8 Å². The molecule has 4 rings (SSSR count). The number of aromatic nitrogens is 6. The Balaban J connectivity index is 1.72. The van der Waals surface area contributed by atoms with E-state index >= 15 is 0 Å². The maximum atomic E-state index is 13.6. The first-order chi connectivity index (χ1) is 17.5. The first-order valence-corrected chi connectivity index (χ1v) is 12.3. The van der Waals surface area contributed by atoms with Crippen LogP contribution in [0.1, 0.15) is 50.4 Å². The molecule has 190 valence electrons. The Morgan fingerprint density at radius 3 is 2.25 bits per heavy atom. The van der Waals surface area contributed by atoms with E-state index in [2.05, 4.69) is 65.7 Å². The number of nitrogens with one attached hydrogen (secondary N) is 1. The van der Waals surface area contributed by atoms with Crippen molar-refractivity contribution in [2.24, 2.45) is 5.92 Å². The third-order valence-corrected chi connectivity index (χ3v) is 6.18. The van der Waals surface area contributed by atoms with E-state index in [4.69, 9.17) is 9.47 Å². The summed E-state index contributed by atoms with van der Waals surface area (Å²) < 4.78 is 14.9. The largest absolute Gasteiger partial charge is 0.350 e. The van der Waals surface area contributed by atoms with Crippen molar-refractivity contribution in [3.63, 3.8) is 0 Å². The highest BCUT2D eigenvalue weighted by Crippen LogP contribution is 2.30. The maximum Gasteiger partial charge on any atom is 0.329 e. The average Bonchev–Trinajstić information content (AvgIpc) is 3.50. The van der Waals surface area contributed by atoms with Crippen LogP contribution in [0.15, 0.2) is 53.3 Å². The zero-order chi connectivity index (χ0) is 25.7. The molecule has 2 aromatic heterocycles. The summed E-state index contributed by atoms with van der Waals surface area (Å²) in [5, 5.41) is 14.5. The van der Waals surface area contributed by atoms with Crippen molar-refractivity contribution in [1.82, 2.24) is 29.8 Å². The average molecular weight is 491 g/mol. The minimum absolute atomic E-state index is 0.0345. The Morgan fingerprint density at radius 1 is 0.972 bits per heavy atom. The number of tetrazole rings is 1. The van der Waals surface area contributed by atoms with Crippen LogP contribution in [0, 0.1) is 5.92 Å². The van der Waals surface area contributed by atoms with Gasteiger partial charge in [0, 0.05) is 32.0 Å². The normalized spacial score (nSPS) is 11.6. The number of hydrogen-bond donors (Lipinski definition) is 1. The standard InChI is InChI=1S/C27H34N6O3/c1-6-9-23-24(26(35-4)36-5)33(16-18(2)3)27(34)32(23)17-19-12-14-20(15-13-19)21-10-7-8-11-22(21)25-28-30-31-29-25/h7-8,10-15,18,26H,6,9,16-17H2,1-5H3,(H,28,29,30,31). The molecule has 0 radical (unpaired) electrons.